The summed E-state index contributed by atoms with van der Waals surface area (Å²) in [7, 11) is 1.62. The van der Waals surface area contributed by atoms with Crippen LogP contribution < -0.4 is 4.74 Å². The lowest BCUT2D eigenvalue weighted by molar-refractivity contribution is -0.138. The number of methoxy groups -OCH3 is 1. The summed E-state index contributed by atoms with van der Waals surface area (Å²) in [6.07, 6.45) is -0.482. The van der Waals surface area contributed by atoms with E-state index in [1.165, 1.54) is 0 Å². The van der Waals surface area contributed by atoms with Gasteiger partial charge in [-0.1, -0.05) is 11.6 Å². The molecule has 1 aromatic rings. The van der Waals surface area contributed by atoms with E-state index < -0.39 is 6.10 Å². The second-order valence-electron chi connectivity index (χ2n) is 4.26. The first-order valence-electron chi connectivity index (χ1n) is 5.84. The lowest BCUT2D eigenvalue weighted by atomic mass is 10.2. The molecule has 98 valence electrons. The number of carbonyl (C=O) groups is 1. The van der Waals surface area contributed by atoms with Crippen LogP contribution in [0.25, 0.3) is 0 Å². The molecule has 5 heteroatoms. The van der Waals surface area contributed by atoms with Crippen molar-refractivity contribution in [1.29, 1.82) is 0 Å². The molecule has 1 aliphatic heterocycles. The highest BCUT2D eigenvalue weighted by atomic mass is 35.5. The number of ether oxygens (including phenoxy) is 2. The van der Waals surface area contributed by atoms with Gasteiger partial charge in [-0.15, -0.1) is 0 Å². The Bertz CT molecular complexity index is 450. The highest BCUT2D eigenvalue weighted by molar-refractivity contribution is 6.30. The van der Waals surface area contributed by atoms with Crippen molar-refractivity contribution in [1.82, 2.24) is 4.90 Å². The highest BCUT2D eigenvalue weighted by Crippen LogP contribution is 2.28. The number of benzene rings is 1. The number of hydrogen-bond acceptors (Lipinski definition) is 3. The number of amides is 1. The number of rotatable bonds is 3. The molecule has 0 fully saturated rings. The molecular formula is C13H16ClNO3. The predicted octanol–water partition coefficient (Wildman–Crippen LogP) is 2.10. The second-order valence-corrected chi connectivity index (χ2v) is 4.70. The summed E-state index contributed by atoms with van der Waals surface area (Å²) >= 11 is 5.97. The Morgan fingerprint density at radius 3 is 3.06 bits per heavy atom. The zero-order valence-electron chi connectivity index (χ0n) is 10.5. The number of hydrogen-bond donors (Lipinski definition) is 0. The lowest BCUT2D eigenvalue weighted by Crippen LogP contribution is -2.39. The summed E-state index contributed by atoms with van der Waals surface area (Å²) in [6, 6.07) is 5.41. The van der Waals surface area contributed by atoms with Crippen LogP contribution in [0, 0.1) is 0 Å². The van der Waals surface area contributed by atoms with Crippen LogP contribution >= 0.6 is 11.6 Å². The van der Waals surface area contributed by atoms with Crippen LogP contribution in [0.2, 0.25) is 5.02 Å². The zero-order valence-corrected chi connectivity index (χ0v) is 11.2. The first-order chi connectivity index (χ1) is 8.61. The average Bonchev–Trinajstić information content (AvgIpc) is 2.46. The largest absolute Gasteiger partial charge is 0.481 e. The van der Waals surface area contributed by atoms with Crippen molar-refractivity contribution >= 4 is 17.5 Å². The van der Waals surface area contributed by atoms with E-state index in [-0.39, 0.29) is 5.91 Å². The van der Waals surface area contributed by atoms with Gasteiger partial charge in [0.05, 0.1) is 6.61 Å². The van der Waals surface area contributed by atoms with Crippen LogP contribution in [0.15, 0.2) is 18.2 Å². The van der Waals surface area contributed by atoms with Crippen molar-refractivity contribution in [3.8, 4) is 5.75 Å². The smallest absolute Gasteiger partial charge is 0.263 e. The highest BCUT2D eigenvalue weighted by Gasteiger charge is 2.27. The number of carbonyl (C=O) groups excluding carboxylic acids is 1. The molecular weight excluding hydrogens is 254 g/mol. The molecule has 0 bridgehead atoms. The van der Waals surface area contributed by atoms with Gasteiger partial charge in [-0.3, -0.25) is 4.79 Å². The SMILES string of the molecule is COCCN1Cc2cc(Cl)ccc2OC(C)C1=O. The van der Waals surface area contributed by atoms with Crippen molar-refractivity contribution in [2.75, 3.05) is 20.3 Å². The van der Waals surface area contributed by atoms with Crippen LogP contribution in [0.1, 0.15) is 12.5 Å². The van der Waals surface area contributed by atoms with Crippen molar-refractivity contribution < 1.29 is 14.3 Å². The van der Waals surface area contributed by atoms with E-state index in [0.29, 0.717) is 24.7 Å². The molecule has 0 spiro atoms. The van der Waals surface area contributed by atoms with Gasteiger partial charge in [0.1, 0.15) is 5.75 Å². The molecule has 4 nitrogen and oxygen atoms in total. The summed E-state index contributed by atoms with van der Waals surface area (Å²) in [5.41, 5.74) is 0.927. The minimum Gasteiger partial charge on any atom is -0.481 e. The quantitative estimate of drug-likeness (QED) is 0.843. The van der Waals surface area contributed by atoms with Gasteiger partial charge in [-0.2, -0.15) is 0 Å². The zero-order chi connectivity index (χ0) is 13.1. The van der Waals surface area contributed by atoms with E-state index >= 15 is 0 Å². The number of halogens is 1. The van der Waals surface area contributed by atoms with Crippen molar-refractivity contribution in [2.24, 2.45) is 0 Å². The molecule has 1 aliphatic rings. The van der Waals surface area contributed by atoms with Gasteiger partial charge in [0.25, 0.3) is 5.91 Å². The molecule has 0 aliphatic carbocycles. The van der Waals surface area contributed by atoms with E-state index in [1.807, 2.05) is 6.07 Å². The Hall–Kier alpha value is -1.26. The maximum absolute atomic E-state index is 12.1. The first-order valence-corrected chi connectivity index (χ1v) is 6.22. The Morgan fingerprint density at radius 2 is 2.33 bits per heavy atom. The maximum atomic E-state index is 12.1. The van der Waals surface area contributed by atoms with Crippen LogP contribution in [-0.2, 0) is 16.1 Å². The Labute approximate surface area is 111 Å². The van der Waals surface area contributed by atoms with Gasteiger partial charge in [0.15, 0.2) is 6.10 Å². The maximum Gasteiger partial charge on any atom is 0.263 e. The van der Waals surface area contributed by atoms with Gasteiger partial charge >= 0.3 is 0 Å². The van der Waals surface area contributed by atoms with Crippen LogP contribution in [0.5, 0.6) is 5.75 Å². The predicted molar refractivity (Wildman–Crippen MR) is 68.8 cm³/mol. The third kappa shape index (κ3) is 2.76. The van der Waals surface area contributed by atoms with E-state index in [4.69, 9.17) is 21.1 Å². The van der Waals surface area contributed by atoms with Crippen molar-refractivity contribution in [3.63, 3.8) is 0 Å². The minimum atomic E-state index is -0.482. The van der Waals surface area contributed by atoms with Crippen molar-refractivity contribution in [2.45, 2.75) is 19.6 Å². The second kappa shape index (κ2) is 5.59. The molecule has 1 aromatic carbocycles. The minimum absolute atomic E-state index is 0.0284. The normalized spacial score (nSPS) is 19.2. The molecule has 1 atom stereocenters. The standard InChI is InChI=1S/C13H16ClNO3/c1-9-13(16)15(5-6-17-2)8-10-7-11(14)3-4-12(10)18-9/h3-4,7,9H,5-6,8H2,1-2H3. The number of fused-ring (bicyclic) bond motifs is 1. The van der Waals surface area contributed by atoms with Crippen molar-refractivity contribution in [3.05, 3.63) is 28.8 Å². The van der Waals surface area contributed by atoms with Gasteiger partial charge in [0.2, 0.25) is 0 Å². The monoisotopic (exact) mass is 269 g/mol. The number of nitrogens with zero attached hydrogens (tertiary/aromatic N) is 1. The summed E-state index contributed by atoms with van der Waals surface area (Å²) in [6.45, 7) is 3.32. The van der Waals surface area contributed by atoms with E-state index in [9.17, 15) is 4.79 Å². The van der Waals surface area contributed by atoms with Crippen LogP contribution in [-0.4, -0.2) is 37.2 Å². The molecule has 2 rings (SSSR count). The molecule has 0 saturated carbocycles. The summed E-state index contributed by atoms with van der Waals surface area (Å²) in [5, 5.41) is 0.644. The third-order valence-corrected chi connectivity index (χ3v) is 3.15. The fourth-order valence-electron chi connectivity index (χ4n) is 1.96. The van der Waals surface area contributed by atoms with Crippen LogP contribution in [0.4, 0.5) is 0 Å². The molecule has 0 N–H and O–H groups in total. The van der Waals surface area contributed by atoms with Gasteiger partial charge in [-0.25, -0.2) is 0 Å². The van der Waals surface area contributed by atoms with Gasteiger partial charge in [-0.05, 0) is 25.1 Å². The van der Waals surface area contributed by atoms with Gasteiger partial charge in [0, 0.05) is 30.8 Å². The molecule has 0 saturated heterocycles. The molecule has 0 aromatic heterocycles. The van der Waals surface area contributed by atoms with E-state index in [0.717, 1.165) is 11.3 Å². The fraction of sp³-hybridized carbons (Fsp3) is 0.462. The lowest BCUT2D eigenvalue weighted by Gasteiger charge is -2.21. The van der Waals surface area contributed by atoms with E-state index in [1.54, 1.807) is 31.1 Å². The van der Waals surface area contributed by atoms with Crippen LogP contribution in [0.3, 0.4) is 0 Å². The van der Waals surface area contributed by atoms with E-state index in [2.05, 4.69) is 0 Å². The molecule has 1 heterocycles. The Morgan fingerprint density at radius 1 is 1.56 bits per heavy atom. The third-order valence-electron chi connectivity index (χ3n) is 2.91. The summed E-state index contributed by atoms with van der Waals surface area (Å²) in [4.78, 5) is 13.8. The first kappa shape index (κ1) is 13.2. The summed E-state index contributed by atoms with van der Waals surface area (Å²) in [5.74, 6) is 0.694. The molecule has 18 heavy (non-hydrogen) atoms. The Kier molecular flexibility index (Phi) is 4.09. The summed E-state index contributed by atoms with van der Waals surface area (Å²) < 4.78 is 10.7. The Balaban J connectivity index is 2.27. The van der Waals surface area contributed by atoms with Gasteiger partial charge < -0.3 is 14.4 Å². The fourth-order valence-corrected chi connectivity index (χ4v) is 2.15. The molecule has 1 amide bonds. The topological polar surface area (TPSA) is 38.8 Å². The average molecular weight is 270 g/mol. The molecule has 0 radical (unpaired) electrons. The molecule has 1 unspecified atom stereocenters.